The van der Waals surface area contributed by atoms with Gasteiger partial charge in [-0.25, -0.2) is 0 Å². The van der Waals surface area contributed by atoms with Crippen molar-refractivity contribution < 1.29 is 14.7 Å². The number of aromatic hydroxyl groups is 1. The summed E-state index contributed by atoms with van der Waals surface area (Å²) >= 11 is 0. The van der Waals surface area contributed by atoms with Crippen molar-refractivity contribution in [2.24, 2.45) is 5.92 Å². The van der Waals surface area contributed by atoms with Crippen molar-refractivity contribution in [3.63, 3.8) is 0 Å². The molecule has 0 bridgehead atoms. The summed E-state index contributed by atoms with van der Waals surface area (Å²) < 4.78 is 0. The first-order valence-electron chi connectivity index (χ1n) is 8.77. The van der Waals surface area contributed by atoms with E-state index < -0.39 is 5.92 Å². The molecule has 3 rings (SSSR count). The number of fused-ring (bicyclic) bond motifs is 1. The van der Waals surface area contributed by atoms with Crippen molar-refractivity contribution >= 4 is 28.9 Å². The van der Waals surface area contributed by atoms with E-state index in [4.69, 9.17) is 5.73 Å². The third-order valence-electron chi connectivity index (χ3n) is 4.64. The van der Waals surface area contributed by atoms with Crippen molar-refractivity contribution in [3.05, 3.63) is 53.6 Å². The normalized spacial score (nSPS) is 12.0. The number of H-pyrrole nitrogens is 1. The number of nitrogens with zero attached hydrogens (tertiary/aromatic N) is 2. The lowest BCUT2D eigenvalue weighted by Gasteiger charge is -2.24. The van der Waals surface area contributed by atoms with Gasteiger partial charge in [-0.1, -0.05) is 24.3 Å². The minimum Gasteiger partial charge on any atom is -0.508 e. The second kappa shape index (κ2) is 7.90. The summed E-state index contributed by atoms with van der Waals surface area (Å²) in [5.41, 5.74) is 8.35. The average Bonchev–Trinajstić information content (AvgIpc) is 3.07. The van der Waals surface area contributed by atoms with Crippen LogP contribution in [0.2, 0.25) is 0 Å². The number of nitrogens with two attached hydrogens (primary N) is 1. The SMILES string of the molecule is CCN(Cc1cccc2c(N)n[nH]c12)C(=O)C(C=O)Cc1ccc(O)cc1. The van der Waals surface area contributed by atoms with E-state index in [1.807, 2.05) is 25.1 Å². The Labute approximate surface area is 156 Å². The molecule has 0 saturated heterocycles. The highest BCUT2D eigenvalue weighted by Crippen LogP contribution is 2.23. The van der Waals surface area contributed by atoms with Crippen molar-refractivity contribution in [2.75, 3.05) is 12.3 Å². The molecule has 4 N–H and O–H groups in total. The molecule has 1 heterocycles. The van der Waals surface area contributed by atoms with Crippen LogP contribution in [0.4, 0.5) is 5.82 Å². The Morgan fingerprint density at radius 1 is 1.30 bits per heavy atom. The number of nitrogens with one attached hydrogen (secondary N) is 1. The fourth-order valence-corrected chi connectivity index (χ4v) is 3.12. The van der Waals surface area contributed by atoms with E-state index in [9.17, 15) is 14.7 Å². The second-order valence-electron chi connectivity index (χ2n) is 6.41. The maximum Gasteiger partial charge on any atom is 0.233 e. The highest BCUT2D eigenvalue weighted by atomic mass is 16.3. The number of carbonyl (C=O) groups is 2. The zero-order valence-electron chi connectivity index (χ0n) is 15.1. The van der Waals surface area contributed by atoms with Crippen LogP contribution in [0.15, 0.2) is 42.5 Å². The molecule has 0 radical (unpaired) electrons. The van der Waals surface area contributed by atoms with Crippen LogP contribution in [-0.2, 0) is 22.6 Å². The van der Waals surface area contributed by atoms with E-state index in [0.717, 1.165) is 22.0 Å². The van der Waals surface area contributed by atoms with Crippen molar-refractivity contribution in [3.8, 4) is 5.75 Å². The number of anilines is 1. The number of aromatic nitrogens is 2. The molecule has 0 aliphatic carbocycles. The van der Waals surface area contributed by atoms with Crippen LogP contribution in [0, 0.1) is 5.92 Å². The van der Waals surface area contributed by atoms with Gasteiger partial charge < -0.3 is 20.5 Å². The summed E-state index contributed by atoms with van der Waals surface area (Å²) in [5, 5.41) is 17.1. The molecular weight excluding hydrogens is 344 g/mol. The highest BCUT2D eigenvalue weighted by molar-refractivity contribution is 5.93. The molecule has 0 fully saturated rings. The number of para-hydroxylation sites is 1. The molecule has 7 heteroatoms. The number of carbonyl (C=O) groups excluding carboxylic acids is 2. The molecule has 1 atom stereocenters. The quantitative estimate of drug-likeness (QED) is 0.438. The van der Waals surface area contributed by atoms with Gasteiger partial charge in [0.2, 0.25) is 5.91 Å². The summed E-state index contributed by atoms with van der Waals surface area (Å²) in [6, 6.07) is 12.2. The molecule has 1 amide bonds. The van der Waals surface area contributed by atoms with Gasteiger partial charge >= 0.3 is 0 Å². The minimum absolute atomic E-state index is 0.148. The van der Waals surface area contributed by atoms with Crippen molar-refractivity contribution in [2.45, 2.75) is 19.9 Å². The van der Waals surface area contributed by atoms with Crippen LogP contribution in [0.25, 0.3) is 10.9 Å². The molecular formula is C20H22N4O3. The number of amides is 1. The monoisotopic (exact) mass is 366 g/mol. The Morgan fingerprint density at radius 3 is 2.70 bits per heavy atom. The lowest BCUT2D eigenvalue weighted by atomic mass is 9.98. The van der Waals surface area contributed by atoms with Crippen molar-refractivity contribution in [1.82, 2.24) is 15.1 Å². The lowest BCUT2D eigenvalue weighted by Crippen LogP contribution is -2.37. The minimum atomic E-state index is -0.777. The molecule has 0 saturated carbocycles. The summed E-state index contributed by atoms with van der Waals surface area (Å²) in [4.78, 5) is 26.1. The second-order valence-corrected chi connectivity index (χ2v) is 6.41. The molecule has 0 aliphatic heterocycles. The van der Waals surface area contributed by atoms with E-state index >= 15 is 0 Å². The summed E-state index contributed by atoms with van der Waals surface area (Å²) in [6.07, 6.45) is 0.979. The molecule has 0 spiro atoms. The van der Waals surface area contributed by atoms with Crippen LogP contribution in [-0.4, -0.2) is 38.9 Å². The molecule has 140 valence electrons. The average molecular weight is 366 g/mol. The first kappa shape index (κ1) is 18.4. The third kappa shape index (κ3) is 3.92. The van der Waals surface area contributed by atoms with Crippen LogP contribution >= 0.6 is 0 Å². The maximum atomic E-state index is 12.9. The maximum absolute atomic E-state index is 12.9. The van der Waals surface area contributed by atoms with Gasteiger partial charge in [0.25, 0.3) is 0 Å². The zero-order valence-corrected chi connectivity index (χ0v) is 15.1. The van der Waals surface area contributed by atoms with E-state index in [-0.39, 0.29) is 11.7 Å². The number of hydrogen-bond acceptors (Lipinski definition) is 5. The van der Waals surface area contributed by atoms with E-state index in [1.165, 1.54) is 0 Å². The number of benzene rings is 2. The smallest absolute Gasteiger partial charge is 0.233 e. The number of aromatic amines is 1. The van der Waals surface area contributed by atoms with Crippen LogP contribution in [0.5, 0.6) is 5.75 Å². The molecule has 0 aliphatic rings. The third-order valence-corrected chi connectivity index (χ3v) is 4.64. The Balaban J connectivity index is 1.79. The molecule has 7 nitrogen and oxygen atoms in total. The zero-order chi connectivity index (χ0) is 19.4. The van der Waals surface area contributed by atoms with Crippen molar-refractivity contribution in [1.29, 1.82) is 0 Å². The summed E-state index contributed by atoms with van der Waals surface area (Å²) in [5.74, 6) is -0.445. The van der Waals surface area contributed by atoms with Gasteiger partial charge in [0.1, 0.15) is 12.0 Å². The molecule has 27 heavy (non-hydrogen) atoms. The number of nitrogen functional groups attached to an aromatic ring is 1. The summed E-state index contributed by atoms with van der Waals surface area (Å²) in [7, 11) is 0. The van der Waals surface area contributed by atoms with Gasteiger partial charge in [-0.2, -0.15) is 5.10 Å². The van der Waals surface area contributed by atoms with Gasteiger partial charge in [0.15, 0.2) is 5.82 Å². The van der Waals surface area contributed by atoms with E-state index in [1.54, 1.807) is 29.2 Å². The first-order chi connectivity index (χ1) is 13.0. The standard InChI is InChI=1S/C20H22N4O3/c1-2-24(11-14-4-3-5-17-18(14)22-23-19(17)21)20(27)15(12-25)10-13-6-8-16(26)9-7-13/h3-9,12,15,26H,2,10-11H2,1H3,(H3,21,22,23). The largest absolute Gasteiger partial charge is 0.508 e. The van der Waals surface area contributed by atoms with E-state index in [0.29, 0.717) is 31.6 Å². The Bertz CT molecular complexity index is 950. The van der Waals surface area contributed by atoms with E-state index in [2.05, 4.69) is 10.2 Å². The number of phenols is 1. The Hall–Kier alpha value is -3.35. The van der Waals surface area contributed by atoms with Crippen LogP contribution in [0.1, 0.15) is 18.1 Å². The van der Waals surface area contributed by atoms with Gasteiger partial charge in [0.05, 0.1) is 11.4 Å². The molecule has 1 aromatic heterocycles. The van der Waals surface area contributed by atoms with Gasteiger partial charge in [-0.05, 0) is 42.7 Å². The summed E-state index contributed by atoms with van der Waals surface area (Å²) in [6.45, 7) is 2.70. The van der Waals surface area contributed by atoms with Crippen LogP contribution < -0.4 is 5.73 Å². The van der Waals surface area contributed by atoms with Gasteiger partial charge in [-0.15, -0.1) is 0 Å². The highest BCUT2D eigenvalue weighted by Gasteiger charge is 2.24. The molecule has 1 unspecified atom stereocenters. The topological polar surface area (TPSA) is 112 Å². The number of rotatable bonds is 7. The molecule has 3 aromatic rings. The molecule has 2 aromatic carbocycles. The van der Waals surface area contributed by atoms with Gasteiger partial charge in [0, 0.05) is 18.5 Å². The number of hydrogen-bond donors (Lipinski definition) is 3. The Kier molecular flexibility index (Phi) is 5.40. The lowest BCUT2D eigenvalue weighted by molar-refractivity contribution is -0.138. The fraction of sp³-hybridized carbons (Fsp3) is 0.250. The number of phenolic OH excluding ortho intramolecular Hbond substituents is 1. The Morgan fingerprint density at radius 2 is 2.04 bits per heavy atom. The van der Waals surface area contributed by atoms with Crippen LogP contribution in [0.3, 0.4) is 0 Å². The fourth-order valence-electron chi connectivity index (χ4n) is 3.12. The number of aldehydes is 1. The van der Waals surface area contributed by atoms with Gasteiger partial charge in [-0.3, -0.25) is 9.89 Å². The first-order valence-corrected chi connectivity index (χ1v) is 8.77. The predicted octanol–water partition coefficient (Wildman–Crippen LogP) is 2.26. The predicted molar refractivity (Wildman–Crippen MR) is 103 cm³/mol.